The van der Waals surface area contributed by atoms with Gasteiger partial charge in [0.05, 0.1) is 5.69 Å². The Labute approximate surface area is 104 Å². The zero-order chi connectivity index (χ0) is 12.3. The lowest BCUT2D eigenvalue weighted by atomic mass is 9.84. The number of aromatic nitrogens is 1. The molecule has 3 N–H and O–H groups in total. The molecule has 0 amide bonds. The first-order valence-electron chi connectivity index (χ1n) is 6.67. The Hall–Kier alpha value is -1.25. The smallest absolute Gasteiger partial charge is 0.149 e. The van der Waals surface area contributed by atoms with Gasteiger partial charge in [-0.15, -0.1) is 0 Å². The third kappa shape index (κ3) is 3.11. The van der Waals surface area contributed by atoms with Crippen LogP contribution in [0.4, 0.5) is 11.5 Å². The highest BCUT2D eigenvalue weighted by atomic mass is 15.0. The van der Waals surface area contributed by atoms with E-state index in [-0.39, 0.29) is 0 Å². The van der Waals surface area contributed by atoms with Crippen LogP contribution in [0, 0.1) is 12.8 Å². The molecule has 17 heavy (non-hydrogen) atoms. The van der Waals surface area contributed by atoms with Gasteiger partial charge in [-0.1, -0.05) is 26.2 Å². The lowest BCUT2D eigenvalue weighted by Crippen LogP contribution is -2.27. The first kappa shape index (κ1) is 12.2. The number of hydrogen-bond acceptors (Lipinski definition) is 3. The van der Waals surface area contributed by atoms with E-state index in [1.165, 1.54) is 32.1 Å². The summed E-state index contributed by atoms with van der Waals surface area (Å²) in [5.74, 6) is 1.73. The van der Waals surface area contributed by atoms with Crippen molar-refractivity contribution in [2.45, 2.75) is 52.0 Å². The van der Waals surface area contributed by atoms with E-state index in [4.69, 9.17) is 5.73 Å². The summed E-state index contributed by atoms with van der Waals surface area (Å²) in [5.41, 5.74) is 7.86. The third-order valence-electron chi connectivity index (χ3n) is 3.75. The summed E-state index contributed by atoms with van der Waals surface area (Å²) in [6.45, 7) is 4.30. The summed E-state index contributed by atoms with van der Waals surface area (Å²) in [5, 5.41) is 3.50. The molecule has 1 aromatic rings. The molecule has 0 radical (unpaired) electrons. The number of nitrogens with zero attached hydrogens (tertiary/aromatic N) is 1. The van der Waals surface area contributed by atoms with Crippen LogP contribution in [0.2, 0.25) is 0 Å². The van der Waals surface area contributed by atoms with Crippen molar-refractivity contribution in [1.82, 2.24) is 4.98 Å². The van der Waals surface area contributed by atoms with E-state index in [0.29, 0.717) is 6.04 Å². The maximum atomic E-state index is 5.98. The minimum absolute atomic E-state index is 0.547. The highest BCUT2D eigenvalue weighted by molar-refractivity contribution is 5.62. The summed E-state index contributed by atoms with van der Waals surface area (Å²) in [4.78, 5) is 4.39. The van der Waals surface area contributed by atoms with Crippen molar-refractivity contribution in [2.24, 2.45) is 5.92 Å². The third-order valence-corrected chi connectivity index (χ3v) is 3.75. The fourth-order valence-electron chi connectivity index (χ4n) is 2.70. The first-order valence-corrected chi connectivity index (χ1v) is 6.67. The second-order valence-corrected chi connectivity index (χ2v) is 5.23. The lowest BCUT2D eigenvalue weighted by molar-refractivity contribution is 0.327. The van der Waals surface area contributed by atoms with Crippen molar-refractivity contribution in [2.75, 3.05) is 11.1 Å². The molecule has 3 nitrogen and oxygen atoms in total. The zero-order valence-electron chi connectivity index (χ0n) is 10.9. The molecule has 1 saturated carbocycles. The van der Waals surface area contributed by atoms with Gasteiger partial charge in [0.25, 0.3) is 0 Å². The van der Waals surface area contributed by atoms with Crippen LogP contribution in [-0.4, -0.2) is 11.0 Å². The second kappa shape index (κ2) is 5.39. The van der Waals surface area contributed by atoms with Crippen LogP contribution in [0.15, 0.2) is 12.3 Å². The number of nitrogen functional groups attached to an aromatic ring is 1. The Morgan fingerprint density at radius 1 is 1.47 bits per heavy atom. The van der Waals surface area contributed by atoms with Gasteiger partial charge in [0, 0.05) is 12.2 Å². The van der Waals surface area contributed by atoms with Crippen LogP contribution < -0.4 is 11.1 Å². The van der Waals surface area contributed by atoms with E-state index in [9.17, 15) is 0 Å². The molecule has 1 heterocycles. The molecule has 2 atom stereocenters. The van der Waals surface area contributed by atoms with Crippen LogP contribution >= 0.6 is 0 Å². The van der Waals surface area contributed by atoms with Gasteiger partial charge in [0.1, 0.15) is 5.82 Å². The Balaban J connectivity index is 2.00. The number of rotatable bonds is 3. The van der Waals surface area contributed by atoms with Gasteiger partial charge in [-0.25, -0.2) is 4.98 Å². The highest BCUT2D eigenvalue weighted by Gasteiger charge is 2.21. The van der Waals surface area contributed by atoms with Crippen molar-refractivity contribution < 1.29 is 0 Å². The highest BCUT2D eigenvalue weighted by Crippen LogP contribution is 2.29. The molecule has 0 spiro atoms. The molecule has 1 fully saturated rings. The van der Waals surface area contributed by atoms with E-state index < -0.39 is 0 Å². The Morgan fingerprint density at radius 2 is 2.29 bits per heavy atom. The number of hydrogen-bond donors (Lipinski definition) is 2. The molecule has 2 rings (SSSR count). The predicted octanol–water partition coefficient (Wildman–Crippen LogP) is 3.35. The van der Waals surface area contributed by atoms with E-state index in [0.717, 1.165) is 23.0 Å². The van der Waals surface area contributed by atoms with Gasteiger partial charge in [-0.05, 0) is 37.3 Å². The molecule has 1 aliphatic rings. The number of nitrogens with two attached hydrogens (primary N) is 1. The Kier molecular flexibility index (Phi) is 3.87. The van der Waals surface area contributed by atoms with Crippen LogP contribution in [-0.2, 0) is 0 Å². The minimum atomic E-state index is 0.547. The fourth-order valence-corrected chi connectivity index (χ4v) is 2.70. The van der Waals surface area contributed by atoms with Crippen LogP contribution in [0.25, 0.3) is 0 Å². The lowest BCUT2D eigenvalue weighted by Gasteiger charge is -2.29. The molecule has 2 unspecified atom stereocenters. The molecule has 0 bridgehead atoms. The van der Waals surface area contributed by atoms with Crippen molar-refractivity contribution >= 4 is 11.5 Å². The number of nitrogens with one attached hydrogen (secondary N) is 1. The summed E-state index contributed by atoms with van der Waals surface area (Å²) < 4.78 is 0. The number of pyridine rings is 1. The summed E-state index contributed by atoms with van der Waals surface area (Å²) in [6.07, 6.45) is 8.36. The minimum Gasteiger partial charge on any atom is -0.396 e. The SMILES string of the molecule is CCC1CCCC(Nc2ncc(C)cc2N)C1. The second-order valence-electron chi connectivity index (χ2n) is 5.23. The van der Waals surface area contributed by atoms with Gasteiger partial charge < -0.3 is 11.1 Å². The number of anilines is 2. The largest absolute Gasteiger partial charge is 0.396 e. The topological polar surface area (TPSA) is 50.9 Å². The van der Waals surface area contributed by atoms with Gasteiger partial charge in [0.2, 0.25) is 0 Å². The molecular formula is C14H23N3. The Morgan fingerprint density at radius 3 is 3.00 bits per heavy atom. The summed E-state index contributed by atoms with van der Waals surface area (Å²) in [7, 11) is 0. The van der Waals surface area contributed by atoms with Crippen LogP contribution in [0.1, 0.15) is 44.6 Å². The molecule has 0 saturated heterocycles. The predicted molar refractivity (Wildman–Crippen MR) is 73.0 cm³/mol. The molecule has 0 aromatic carbocycles. The standard InChI is InChI=1S/C14H23N3/c1-3-11-5-4-6-12(8-11)17-14-13(15)7-10(2)9-16-14/h7,9,11-12H,3-6,8,15H2,1-2H3,(H,16,17). The van der Waals surface area contributed by atoms with Gasteiger partial charge in [0.15, 0.2) is 0 Å². The average molecular weight is 233 g/mol. The molecule has 0 aliphatic heterocycles. The quantitative estimate of drug-likeness (QED) is 0.841. The van der Waals surface area contributed by atoms with E-state index in [1.807, 2.05) is 19.2 Å². The monoisotopic (exact) mass is 233 g/mol. The maximum Gasteiger partial charge on any atom is 0.149 e. The van der Waals surface area contributed by atoms with Crippen molar-refractivity contribution in [3.63, 3.8) is 0 Å². The molecule has 1 aliphatic carbocycles. The fraction of sp³-hybridized carbons (Fsp3) is 0.643. The van der Waals surface area contributed by atoms with Crippen molar-refractivity contribution in [3.05, 3.63) is 17.8 Å². The summed E-state index contributed by atoms with van der Waals surface area (Å²) >= 11 is 0. The Bertz CT molecular complexity index is 376. The number of aryl methyl sites for hydroxylation is 1. The molecular weight excluding hydrogens is 210 g/mol. The molecule has 3 heteroatoms. The normalized spacial score (nSPS) is 24.6. The van der Waals surface area contributed by atoms with Crippen LogP contribution in [0.3, 0.4) is 0 Å². The molecule has 1 aromatic heterocycles. The van der Waals surface area contributed by atoms with E-state index in [1.54, 1.807) is 0 Å². The molecule has 94 valence electrons. The average Bonchev–Trinajstić information content (AvgIpc) is 2.33. The van der Waals surface area contributed by atoms with Gasteiger partial charge in [-0.3, -0.25) is 0 Å². The van der Waals surface area contributed by atoms with Gasteiger partial charge >= 0.3 is 0 Å². The van der Waals surface area contributed by atoms with Crippen LogP contribution in [0.5, 0.6) is 0 Å². The summed E-state index contributed by atoms with van der Waals surface area (Å²) in [6, 6.07) is 2.53. The van der Waals surface area contributed by atoms with Crippen molar-refractivity contribution in [3.8, 4) is 0 Å². The first-order chi connectivity index (χ1) is 8.19. The van der Waals surface area contributed by atoms with Gasteiger partial charge in [-0.2, -0.15) is 0 Å². The van der Waals surface area contributed by atoms with Crippen molar-refractivity contribution in [1.29, 1.82) is 0 Å². The van der Waals surface area contributed by atoms with E-state index in [2.05, 4.69) is 17.2 Å². The van der Waals surface area contributed by atoms with E-state index >= 15 is 0 Å². The zero-order valence-corrected chi connectivity index (χ0v) is 10.9. The maximum absolute atomic E-state index is 5.98.